The van der Waals surface area contributed by atoms with Gasteiger partial charge in [-0.15, -0.1) is 0 Å². The van der Waals surface area contributed by atoms with Gasteiger partial charge >= 0.3 is 0 Å². The van der Waals surface area contributed by atoms with Gasteiger partial charge in [0.05, 0.1) is 22.2 Å². The SMILES string of the molecule is c1ccc(N2c3ccccc3[Si]3(c4ccccc42)c2ccccc2N(c2cccc4c2c2cccc5c6ccccc6n4c52)c2ccccc23)cc1. The molecule has 0 saturated carbocycles. The van der Waals surface area contributed by atoms with Crippen molar-refractivity contribution in [1.29, 1.82) is 0 Å². The summed E-state index contributed by atoms with van der Waals surface area (Å²) >= 11 is 0. The molecule has 3 nitrogen and oxygen atoms in total. The second kappa shape index (κ2) is 10.2. The molecular formula is C48H31N3Si. The summed E-state index contributed by atoms with van der Waals surface area (Å²) in [5.74, 6) is 0. The van der Waals surface area contributed by atoms with Crippen LogP contribution in [0.15, 0.2) is 188 Å². The fraction of sp³-hybridized carbons (Fsp3) is 0. The predicted molar refractivity (Wildman–Crippen MR) is 221 cm³/mol. The summed E-state index contributed by atoms with van der Waals surface area (Å²) in [7, 11) is -2.85. The first-order valence-electron chi connectivity index (χ1n) is 18.0. The average Bonchev–Trinajstić information content (AvgIpc) is 3.74. The lowest BCUT2D eigenvalue weighted by Crippen LogP contribution is -2.79. The molecule has 2 aliphatic heterocycles. The lowest BCUT2D eigenvalue weighted by atomic mass is 10.1. The maximum absolute atomic E-state index is 2.85. The van der Waals surface area contributed by atoms with Gasteiger partial charge in [0.15, 0.2) is 8.07 Å². The summed E-state index contributed by atoms with van der Waals surface area (Å²) in [6, 6.07) is 70.3. The van der Waals surface area contributed by atoms with Gasteiger partial charge in [-0.2, -0.15) is 0 Å². The third-order valence-electron chi connectivity index (χ3n) is 11.7. The first-order chi connectivity index (χ1) is 25.9. The highest BCUT2D eigenvalue weighted by molar-refractivity contribution is 7.23. The van der Waals surface area contributed by atoms with Crippen molar-refractivity contribution in [3.05, 3.63) is 188 Å². The van der Waals surface area contributed by atoms with Crippen molar-refractivity contribution in [3.63, 3.8) is 0 Å². The smallest absolute Gasteiger partial charge is 0.188 e. The van der Waals surface area contributed by atoms with E-state index in [0.717, 1.165) is 0 Å². The Bertz CT molecular complexity index is 2960. The third-order valence-corrected chi connectivity index (χ3v) is 16.6. The molecule has 4 heteroatoms. The van der Waals surface area contributed by atoms with Crippen molar-refractivity contribution < 1.29 is 0 Å². The molecule has 2 aliphatic rings. The van der Waals surface area contributed by atoms with Gasteiger partial charge in [0.1, 0.15) is 0 Å². The van der Waals surface area contributed by atoms with Gasteiger partial charge in [0.25, 0.3) is 0 Å². The minimum Gasteiger partial charge on any atom is -0.311 e. The number of nitrogens with zero attached hydrogens (tertiary/aromatic N) is 3. The van der Waals surface area contributed by atoms with Crippen LogP contribution in [0.1, 0.15) is 0 Å². The van der Waals surface area contributed by atoms with Gasteiger partial charge in [0, 0.05) is 50.0 Å². The second-order valence-electron chi connectivity index (χ2n) is 14.1. The molecule has 4 heterocycles. The second-order valence-corrected chi connectivity index (χ2v) is 17.7. The Morgan fingerprint density at radius 2 is 0.750 bits per heavy atom. The van der Waals surface area contributed by atoms with E-state index in [1.54, 1.807) is 0 Å². The highest BCUT2D eigenvalue weighted by Gasteiger charge is 2.54. The molecule has 1 spiro atoms. The van der Waals surface area contributed by atoms with Gasteiger partial charge in [-0.1, -0.05) is 133 Å². The monoisotopic (exact) mass is 677 g/mol. The Balaban J connectivity index is 1.20. The number of hydrogen-bond acceptors (Lipinski definition) is 2. The lowest BCUT2D eigenvalue weighted by Gasteiger charge is -2.50. The van der Waals surface area contributed by atoms with Crippen LogP contribution < -0.4 is 30.5 Å². The molecule has 0 N–H and O–H groups in total. The lowest BCUT2D eigenvalue weighted by molar-refractivity contribution is 1.28. The number of aromatic nitrogens is 1. The van der Waals surface area contributed by atoms with Crippen LogP contribution in [-0.4, -0.2) is 12.5 Å². The highest BCUT2D eigenvalue weighted by Crippen LogP contribution is 2.48. The number of anilines is 6. The normalized spacial score (nSPS) is 14.2. The van der Waals surface area contributed by atoms with Crippen LogP contribution in [0, 0.1) is 0 Å². The zero-order chi connectivity index (χ0) is 34.0. The first kappa shape index (κ1) is 28.1. The number of para-hydroxylation sites is 7. The van der Waals surface area contributed by atoms with E-state index in [1.807, 2.05) is 0 Å². The Labute approximate surface area is 302 Å². The first-order valence-corrected chi connectivity index (χ1v) is 20.0. The average molecular weight is 678 g/mol. The van der Waals surface area contributed by atoms with Crippen molar-refractivity contribution in [3.8, 4) is 0 Å². The highest BCUT2D eigenvalue weighted by atomic mass is 28.3. The number of hydrogen-bond donors (Lipinski definition) is 0. The molecule has 12 rings (SSSR count). The van der Waals surface area contributed by atoms with Gasteiger partial charge in [-0.3, -0.25) is 0 Å². The Hall–Kier alpha value is -6.62. The molecule has 0 saturated heterocycles. The van der Waals surface area contributed by atoms with Crippen LogP contribution in [0.2, 0.25) is 0 Å². The molecular weight excluding hydrogens is 647 g/mol. The van der Waals surface area contributed by atoms with Crippen molar-refractivity contribution >= 4 is 101 Å². The largest absolute Gasteiger partial charge is 0.311 e. The summed E-state index contributed by atoms with van der Waals surface area (Å²) in [5, 5.41) is 10.9. The molecule has 0 fully saturated rings. The molecule has 0 unspecified atom stereocenters. The molecule has 0 amide bonds. The van der Waals surface area contributed by atoms with Crippen LogP contribution in [0.5, 0.6) is 0 Å². The predicted octanol–water partition coefficient (Wildman–Crippen LogP) is 9.78. The van der Waals surface area contributed by atoms with Gasteiger partial charge in [-0.25, -0.2) is 0 Å². The van der Waals surface area contributed by atoms with E-state index in [9.17, 15) is 0 Å². The van der Waals surface area contributed by atoms with Gasteiger partial charge in [0.2, 0.25) is 0 Å². The maximum Gasteiger partial charge on any atom is 0.188 e. The molecule has 10 aromatic rings. The summed E-state index contributed by atoms with van der Waals surface area (Å²) in [6.45, 7) is 0. The number of fused-ring (bicyclic) bond motifs is 14. The van der Waals surface area contributed by atoms with Crippen LogP contribution in [0.25, 0.3) is 38.1 Å². The van der Waals surface area contributed by atoms with Gasteiger partial charge in [-0.05, 0) is 75.3 Å². The molecule has 0 atom stereocenters. The third kappa shape index (κ3) is 3.35. The molecule has 242 valence electrons. The van der Waals surface area contributed by atoms with Crippen molar-refractivity contribution in [2.45, 2.75) is 0 Å². The zero-order valence-electron chi connectivity index (χ0n) is 28.2. The molecule has 52 heavy (non-hydrogen) atoms. The Morgan fingerprint density at radius 1 is 0.308 bits per heavy atom. The van der Waals surface area contributed by atoms with Crippen LogP contribution in [0.4, 0.5) is 34.1 Å². The standard InChI is InChI=1S/C48H31N3Si/c1-2-16-32(17-3-1)49-37-22-6-10-28-43(37)52(44-29-11-7-23-38(44)49)45-30-12-8-24-39(45)50(40-25-9-13-31-46(40)52)41-26-15-27-42-47(41)35-20-14-19-34-33-18-4-5-21-36(33)51(42)48(34)35/h1-31H. The molecule has 0 radical (unpaired) electrons. The van der Waals surface area contributed by atoms with E-state index in [0.29, 0.717) is 0 Å². The van der Waals surface area contributed by atoms with E-state index in [-0.39, 0.29) is 0 Å². The van der Waals surface area contributed by atoms with Gasteiger partial charge < -0.3 is 14.2 Å². The zero-order valence-corrected chi connectivity index (χ0v) is 29.2. The van der Waals surface area contributed by atoms with Crippen molar-refractivity contribution in [1.82, 2.24) is 4.40 Å². The summed E-state index contributed by atoms with van der Waals surface area (Å²) in [4.78, 5) is 5.05. The fourth-order valence-corrected chi connectivity index (χ4v) is 15.3. The maximum atomic E-state index is 2.57. The molecule has 8 aromatic carbocycles. The molecule has 0 aliphatic carbocycles. The Kier molecular flexibility index (Phi) is 5.53. The van der Waals surface area contributed by atoms with Crippen molar-refractivity contribution in [2.24, 2.45) is 0 Å². The van der Waals surface area contributed by atoms with E-state index in [1.165, 1.54) is 93.0 Å². The van der Waals surface area contributed by atoms with Crippen LogP contribution in [0.3, 0.4) is 0 Å². The fourth-order valence-electron chi connectivity index (χ4n) is 9.84. The molecule has 2 aromatic heterocycles. The number of benzene rings is 8. The van der Waals surface area contributed by atoms with Crippen LogP contribution in [-0.2, 0) is 0 Å². The molecule has 0 bridgehead atoms. The van der Waals surface area contributed by atoms with Crippen LogP contribution >= 0.6 is 0 Å². The van der Waals surface area contributed by atoms with E-state index in [2.05, 4.69) is 202 Å². The quantitative estimate of drug-likeness (QED) is 0.169. The summed E-state index contributed by atoms with van der Waals surface area (Å²) in [5.41, 5.74) is 11.2. The summed E-state index contributed by atoms with van der Waals surface area (Å²) < 4.78 is 2.49. The topological polar surface area (TPSA) is 10.9 Å². The Morgan fingerprint density at radius 3 is 1.38 bits per heavy atom. The van der Waals surface area contributed by atoms with E-state index >= 15 is 0 Å². The minimum atomic E-state index is -2.85. The van der Waals surface area contributed by atoms with Crippen molar-refractivity contribution in [2.75, 3.05) is 9.80 Å². The number of rotatable bonds is 2. The van der Waals surface area contributed by atoms with E-state index < -0.39 is 8.07 Å². The van der Waals surface area contributed by atoms with E-state index in [4.69, 9.17) is 0 Å². The summed E-state index contributed by atoms with van der Waals surface area (Å²) in [6.07, 6.45) is 0. The minimum absolute atomic E-state index is 1.18.